The number of carbonyl (C=O) groups is 2. The van der Waals surface area contributed by atoms with Gasteiger partial charge in [-0.2, -0.15) is 9.52 Å². The maximum absolute atomic E-state index is 12.2. The molecule has 0 radical (unpaired) electrons. The number of aliphatic carboxylic acids is 1. The van der Waals surface area contributed by atoms with E-state index in [1.165, 1.54) is 29.9 Å². The Bertz CT molecular complexity index is 840. The Morgan fingerprint density at radius 2 is 2.18 bits per heavy atom. The van der Waals surface area contributed by atoms with Crippen LogP contribution in [0.1, 0.15) is 19.8 Å². The standard InChI is InChI=1S/C16H24N4O6S2/c1-8(21)13-11-5-12(14(16(23)24)20(11)15(13)22)27-10-4-9(17-7-10)6-18-19(2)28(3,25)26/h6,8-11,13,17,21H,4-5,7H2,1-3H3,(H,23,24)/b18-6-/t8?,9-,10-,11+,13+/m0/s1. The fourth-order valence-corrected chi connectivity index (χ4v) is 5.41. The van der Waals surface area contributed by atoms with Gasteiger partial charge in [0.25, 0.3) is 0 Å². The Hall–Kier alpha value is -1.63. The second-order valence-corrected chi connectivity index (χ2v) is 10.7. The van der Waals surface area contributed by atoms with E-state index in [0.29, 0.717) is 24.3 Å². The van der Waals surface area contributed by atoms with Crippen LogP contribution in [0.15, 0.2) is 15.7 Å². The summed E-state index contributed by atoms with van der Waals surface area (Å²) in [6, 6.07) is -0.419. The van der Waals surface area contributed by atoms with Gasteiger partial charge in [0.2, 0.25) is 15.9 Å². The monoisotopic (exact) mass is 432 g/mol. The van der Waals surface area contributed by atoms with E-state index in [1.807, 2.05) is 0 Å². The van der Waals surface area contributed by atoms with Crippen LogP contribution in [0.4, 0.5) is 0 Å². The summed E-state index contributed by atoms with van der Waals surface area (Å²) in [5.41, 5.74) is 0.0193. The van der Waals surface area contributed by atoms with E-state index in [9.17, 15) is 28.2 Å². The fraction of sp³-hybridized carbons (Fsp3) is 0.688. The molecule has 3 aliphatic rings. The molecule has 2 fully saturated rings. The van der Waals surface area contributed by atoms with Crippen molar-refractivity contribution in [3.63, 3.8) is 0 Å². The van der Waals surface area contributed by atoms with E-state index in [0.717, 1.165) is 10.7 Å². The van der Waals surface area contributed by atoms with Crippen molar-refractivity contribution >= 4 is 39.9 Å². The summed E-state index contributed by atoms with van der Waals surface area (Å²) in [6.07, 6.45) is 2.87. The SMILES string of the molecule is CC(O)[C@H]1C(=O)N2C(C(=O)O)=C(S[C@@H]3CN[C@H](/C=N\N(C)S(C)(=O)=O)C3)C[C@H]12. The number of thioether (sulfide) groups is 1. The third-order valence-corrected chi connectivity index (χ3v) is 7.60. The number of aliphatic hydroxyl groups excluding tert-OH is 1. The van der Waals surface area contributed by atoms with Gasteiger partial charge in [-0.1, -0.05) is 0 Å². The van der Waals surface area contributed by atoms with Crippen molar-refractivity contribution in [2.24, 2.45) is 11.0 Å². The average Bonchev–Trinajstić information content (AvgIpc) is 3.14. The van der Waals surface area contributed by atoms with Crippen molar-refractivity contribution in [2.75, 3.05) is 19.8 Å². The molecule has 5 atom stereocenters. The van der Waals surface area contributed by atoms with Gasteiger partial charge in [0.15, 0.2) is 0 Å². The largest absolute Gasteiger partial charge is 0.477 e. The molecule has 3 aliphatic heterocycles. The molecule has 2 saturated heterocycles. The molecular weight excluding hydrogens is 408 g/mol. The molecule has 3 rings (SSSR count). The van der Waals surface area contributed by atoms with Crippen molar-refractivity contribution in [3.8, 4) is 0 Å². The van der Waals surface area contributed by atoms with Gasteiger partial charge in [-0.05, 0) is 13.3 Å². The lowest BCUT2D eigenvalue weighted by molar-refractivity contribution is -0.161. The number of carbonyl (C=O) groups excluding carboxylic acids is 1. The quantitative estimate of drug-likeness (QED) is 0.271. The molecule has 0 aromatic rings. The van der Waals surface area contributed by atoms with Crippen LogP contribution in [0.25, 0.3) is 0 Å². The normalized spacial score (nSPS) is 31.3. The number of rotatable bonds is 7. The number of carboxylic acid groups (broad SMARTS) is 1. The molecule has 3 heterocycles. The molecular formula is C16H24N4O6S2. The molecule has 156 valence electrons. The lowest BCUT2D eigenvalue weighted by Crippen LogP contribution is -2.61. The highest BCUT2D eigenvalue weighted by atomic mass is 32.2. The first-order valence-electron chi connectivity index (χ1n) is 8.86. The Kier molecular flexibility index (Phi) is 5.76. The fourth-order valence-electron chi connectivity index (χ4n) is 3.73. The summed E-state index contributed by atoms with van der Waals surface area (Å²) < 4.78 is 23.6. The van der Waals surface area contributed by atoms with Gasteiger partial charge in [-0.3, -0.25) is 4.79 Å². The molecule has 3 N–H and O–H groups in total. The molecule has 1 unspecified atom stereocenters. The molecule has 12 heteroatoms. The number of amides is 1. The van der Waals surface area contributed by atoms with E-state index in [-0.39, 0.29) is 28.9 Å². The summed E-state index contributed by atoms with van der Waals surface area (Å²) in [5, 5.41) is 26.6. The number of hydrogen-bond acceptors (Lipinski definition) is 8. The topological polar surface area (TPSA) is 140 Å². The number of sulfonamides is 1. The van der Waals surface area contributed by atoms with E-state index in [1.54, 1.807) is 6.92 Å². The summed E-state index contributed by atoms with van der Waals surface area (Å²) in [7, 11) is -2.04. The van der Waals surface area contributed by atoms with Gasteiger partial charge < -0.3 is 20.4 Å². The van der Waals surface area contributed by atoms with Crippen molar-refractivity contribution in [1.29, 1.82) is 0 Å². The molecule has 0 aromatic heterocycles. The van der Waals surface area contributed by atoms with Gasteiger partial charge in [0.05, 0.1) is 24.3 Å². The molecule has 0 bridgehead atoms. The van der Waals surface area contributed by atoms with Gasteiger partial charge in [0.1, 0.15) is 5.70 Å². The Balaban J connectivity index is 1.65. The van der Waals surface area contributed by atoms with Crippen molar-refractivity contribution < 1.29 is 28.2 Å². The van der Waals surface area contributed by atoms with Crippen molar-refractivity contribution in [2.45, 2.75) is 43.2 Å². The van der Waals surface area contributed by atoms with Crippen LogP contribution in [-0.4, -0.2) is 89.3 Å². The number of aliphatic hydroxyl groups is 1. The average molecular weight is 433 g/mol. The second kappa shape index (κ2) is 7.65. The van der Waals surface area contributed by atoms with Gasteiger partial charge >= 0.3 is 5.97 Å². The zero-order chi connectivity index (χ0) is 20.8. The molecule has 0 aliphatic carbocycles. The third kappa shape index (κ3) is 3.91. The van der Waals surface area contributed by atoms with Crippen molar-refractivity contribution in [1.82, 2.24) is 14.6 Å². The molecule has 0 aromatic carbocycles. The summed E-state index contributed by atoms with van der Waals surface area (Å²) in [5.74, 6) is -2.03. The lowest BCUT2D eigenvalue weighted by atomic mass is 9.83. The minimum Gasteiger partial charge on any atom is -0.477 e. The van der Waals surface area contributed by atoms with Crippen LogP contribution in [0, 0.1) is 5.92 Å². The number of carboxylic acids is 1. The predicted molar refractivity (Wildman–Crippen MR) is 104 cm³/mol. The highest BCUT2D eigenvalue weighted by Crippen LogP contribution is 2.48. The Morgan fingerprint density at radius 1 is 1.50 bits per heavy atom. The van der Waals surface area contributed by atoms with E-state index in [2.05, 4.69) is 10.4 Å². The number of hydrazone groups is 1. The van der Waals surface area contributed by atoms with Gasteiger partial charge in [0, 0.05) is 42.4 Å². The first-order chi connectivity index (χ1) is 13.0. The number of β-lactam (4-membered cyclic amide) rings is 1. The van der Waals surface area contributed by atoms with E-state index < -0.39 is 28.0 Å². The minimum atomic E-state index is -3.39. The van der Waals surface area contributed by atoms with Crippen LogP contribution < -0.4 is 5.32 Å². The predicted octanol–water partition coefficient (Wildman–Crippen LogP) is -0.765. The zero-order valence-electron chi connectivity index (χ0n) is 15.8. The van der Waals surface area contributed by atoms with Crippen LogP contribution in [0.3, 0.4) is 0 Å². The maximum Gasteiger partial charge on any atom is 0.353 e. The first-order valence-corrected chi connectivity index (χ1v) is 11.6. The van der Waals surface area contributed by atoms with Crippen LogP contribution >= 0.6 is 11.8 Å². The highest BCUT2D eigenvalue weighted by Gasteiger charge is 2.57. The van der Waals surface area contributed by atoms with Crippen LogP contribution in [-0.2, 0) is 19.6 Å². The highest BCUT2D eigenvalue weighted by molar-refractivity contribution is 8.03. The maximum atomic E-state index is 12.2. The summed E-state index contributed by atoms with van der Waals surface area (Å²) >= 11 is 1.43. The summed E-state index contributed by atoms with van der Waals surface area (Å²) in [4.78, 5) is 25.9. The zero-order valence-corrected chi connectivity index (χ0v) is 17.4. The number of fused-ring (bicyclic) bond motifs is 1. The van der Waals surface area contributed by atoms with Crippen LogP contribution in [0.5, 0.6) is 0 Å². The van der Waals surface area contributed by atoms with Gasteiger partial charge in [-0.25, -0.2) is 13.2 Å². The second-order valence-electron chi connectivity index (χ2n) is 7.28. The smallest absolute Gasteiger partial charge is 0.353 e. The molecule has 0 saturated carbocycles. The van der Waals surface area contributed by atoms with Gasteiger partial charge in [-0.15, -0.1) is 11.8 Å². The summed E-state index contributed by atoms with van der Waals surface area (Å²) in [6.45, 7) is 2.16. The first kappa shape index (κ1) is 21.1. The third-order valence-electron chi connectivity index (χ3n) is 5.21. The molecule has 0 spiro atoms. The minimum absolute atomic E-state index is 0.0193. The number of hydrogen-bond donors (Lipinski definition) is 3. The van der Waals surface area contributed by atoms with E-state index in [4.69, 9.17) is 0 Å². The Labute approximate surface area is 167 Å². The van der Waals surface area contributed by atoms with Crippen LogP contribution in [0.2, 0.25) is 0 Å². The Morgan fingerprint density at radius 3 is 2.75 bits per heavy atom. The number of nitrogens with zero attached hydrogens (tertiary/aromatic N) is 3. The van der Waals surface area contributed by atoms with Crippen molar-refractivity contribution in [3.05, 3.63) is 10.6 Å². The van der Waals surface area contributed by atoms with E-state index >= 15 is 0 Å². The lowest BCUT2D eigenvalue weighted by Gasteiger charge is -2.44. The molecule has 1 amide bonds. The number of nitrogens with one attached hydrogen (secondary N) is 1. The molecule has 10 nitrogen and oxygen atoms in total. The molecule has 28 heavy (non-hydrogen) atoms.